The quantitative estimate of drug-likeness (QED) is 0.616. The predicted octanol–water partition coefficient (Wildman–Crippen LogP) is 3.94. The number of amidine groups is 1. The van der Waals surface area contributed by atoms with Crippen molar-refractivity contribution in [2.45, 2.75) is 20.8 Å². The van der Waals surface area contributed by atoms with Crippen LogP contribution in [0.2, 0.25) is 0 Å². The van der Waals surface area contributed by atoms with Crippen molar-refractivity contribution < 1.29 is 0 Å². The molecule has 0 bridgehead atoms. The van der Waals surface area contributed by atoms with Crippen LogP contribution in [-0.4, -0.2) is 48.9 Å². The minimum Gasteiger partial charge on any atom is -0.354 e. The highest BCUT2D eigenvalue weighted by atomic mass is 15.3. The minimum atomic E-state index is 1.02. The average Bonchev–Trinajstić information content (AvgIpc) is 2.57. The number of aliphatic imine (C=N–C) groups is 1. The van der Waals surface area contributed by atoms with Crippen LogP contribution in [0.25, 0.3) is 0 Å². The van der Waals surface area contributed by atoms with Crippen molar-refractivity contribution in [2.24, 2.45) is 4.99 Å². The summed E-state index contributed by atoms with van der Waals surface area (Å²) in [7, 11) is 2.19. The molecule has 2 aromatic carbocycles. The molecule has 0 radical (unpaired) electrons. The van der Waals surface area contributed by atoms with Crippen molar-refractivity contribution in [3.05, 3.63) is 64.7 Å². The molecule has 126 valence electrons. The Morgan fingerprint density at radius 3 is 2.29 bits per heavy atom. The Labute approximate surface area is 145 Å². The van der Waals surface area contributed by atoms with Gasteiger partial charge in [-0.3, -0.25) is 0 Å². The van der Waals surface area contributed by atoms with E-state index in [4.69, 9.17) is 4.99 Å². The maximum absolute atomic E-state index is 5.12. The van der Waals surface area contributed by atoms with Crippen molar-refractivity contribution >= 4 is 11.5 Å². The van der Waals surface area contributed by atoms with Gasteiger partial charge in [-0.2, -0.15) is 0 Å². The maximum atomic E-state index is 5.12. The molecule has 0 aliphatic carbocycles. The fourth-order valence-corrected chi connectivity index (χ4v) is 3.10. The van der Waals surface area contributed by atoms with Crippen molar-refractivity contribution in [1.82, 2.24) is 9.80 Å². The first-order valence-electron chi connectivity index (χ1n) is 8.70. The fraction of sp³-hybridized carbons (Fsp3) is 0.381. The first kappa shape index (κ1) is 16.7. The molecule has 0 spiro atoms. The molecule has 0 saturated carbocycles. The zero-order chi connectivity index (χ0) is 17.1. The van der Waals surface area contributed by atoms with Crippen LogP contribution >= 0.6 is 0 Å². The van der Waals surface area contributed by atoms with E-state index in [9.17, 15) is 0 Å². The number of likely N-dealkylation sites (N-methyl/N-ethyl adjacent to an activating group) is 1. The summed E-state index contributed by atoms with van der Waals surface area (Å²) in [5.41, 5.74) is 6.07. The largest absolute Gasteiger partial charge is 0.354 e. The molecule has 3 rings (SSSR count). The molecule has 1 fully saturated rings. The van der Waals surface area contributed by atoms with E-state index in [1.165, 1.54) is 22.3 Å². The Balaban J connectivity index is 2.06. The van der Waals surface area contributed by atoms with E-state index in [2.05, 4.69) is 80.1 Å². The molecule has 1 aliphatic rings. The Bertz CT molecular complexity index is 740. The second kappa shape index (κ2) is 7.18. The van der Waals surface area contributed by atoms with Crippen LogP contribution in [0.15, 0.2) is 47.5 Å². The molecule has 24 heavy (non-hydrogen) atoms. The standard InChI is InChI=1S/C21H27N3/c1-16-9-10-18(3)20(15-16)22-21(19-8-6-5-7-17(19)2)24-13-11-23(4)12-14-24/h5-10,15H,11-14H2,1-4H3/b22-21+. The molecule has 0 atom stereocenters. The SMILES string of the molecule is Cc1ccc(C)c(/N=C(\c2ccccc2C)N2CCN(C)CC2)c1. The molecule has 0 amide bonds. The van der Waals surface area contributed by atoms with Gasteiger partial charge >= 0.3 is 0 Å². The first-order valence-corrected chi connectivity index (χ1v) is 8.70. The van der Waals surface area contributed by atoms with Gasteiger partial charge in [-0.25, -0.2) is 4.99 Å². The lowest BCUT2D eigenvalue weighted by Crippen LogP contribution is -2.47. The zero-order valence-corrected chi connectivity index (χ0v) is 15.2. The van der Waals surface area contributed by atoms with Crippen LogP contribution in [0, 0.1) is 20.8 Å². The van der Waals surface area contributed by atoms with Crippen LogP contribution < -0.4 is 0 Å². The van der Waals surface area contributed by atoms with E-state index in [1.807, 2.05) is 0 Å². The molecular weight excluding hydrogens is 294 g/mol. The third kappa shape index (κ3) is 3.68. The third-order valence-electron chi connectivity index (χ3n) is 4.78. The maximum Gasteiger partial charge on any atom is 0.136 e. The summed E-state index contributed by atoms with van der Waals surface area (Å²) in [6.45, 7) is 10.6. The summed E-state index contributed by atoms with van der Waals surface area (Å²) in [5, 5.41) is 0. The minimum absolute atomic E-state index is 1.02. The topological polar surface area (TPSA) is 18.8 Å². The number of aryl methyl sites for hydroxylation is 3. The van der Waals surface area contributed by atoms with Gasteiger partial charge in [0.05, 0.1) is 5.69 Å². The second-order valence-corrected chi connectivity index (χ2v) is 6.83. The highest BCUT2D eigenvalue weighted by Gasteiger charge is 2.20. The summed E-state index contributed by atoms with van der Waals surface area (Å²) >= 11 is 0. The van der Waals surface area contributed by atoms with E-state index in [1.54, 1.807) is 0 Å². The Hall–Kier alpha value is -2.13. The second-order valence-electron chi connectivity index (χ2n) is 6.83. The number of hydrogen-bond donors (Lipinski definition) is 0. The van der Waals surface area contributed by atoms with Crippen LogP contribution in [0.1, 0.15) is 22.3 Å². The molecule has 2 aromatic rings. The van der Waals surface area contributed by atoms with Gasteiger partial charge in [-0.1, -0.05) is 36.4 Å². The molecule has 0 aromatic heterocycles. The number of nitrogens with zero attached hydrogens (tertiary/aromatic N) is 3. The molecule has 3 nitrogen and oxygen atoms in total. The smallest absolute Gasteiger partial charge is 0.136 e. The predicted molar refractivity (Wildman–Crippen MR) is 102 cm³/mol. The van der Waals surface area contributed by atoms with Gasteiger partial charge in [0.25, 0.3) is 0 Å². The monoisotopic (exact) mass is 321 g/mol. The molecule has 1 saturated heterocycles. The van der Waals surface area contributed by atoms with Gasteiger partial charge in [0.1, 0.15) is 5.84 Å². The highest BCUT2D eigenvalue weighted by Crippen LogP contribution is 2.23. The van der Waals surface area contributed by atoms with Gasteiger partial charge in [-0.05, 0) is 50.6 Å². The third-order valence-corrected chi connectivity index (χ3v) is 4.78. The van der Waals surface area contributed by atoms with Crippen molar-refractivity contribution in [2.75, 3.05) is 33.2 Å². The Morgan fingerprint density at radius 1 is 0.875 bits per heavy atom. The van der Waals surface area contributed by atoms with Crippen molar-refractivity contribution in [3.8, 4) is 0 Å². The molecule has 0 unspecified atom stereocenters. The number of piperazine rings is 1. The number of hydrogen-bond acceptors (Lipinski definition) is 2. The van der Waals surface area contributed by atoms with Gasteiger partial charge in [0, 0.05) is 31.7 Å². The fourth-order valence-electron chi connectivity index (χ4n) is 3.10. The first-order chi connectivity index (χ1) is 11.5. The van der Waals surface area contributed by atoms with Crippen molar-refractivity contribution in [1.29, 1.82) is 0 Å². The van der Waals surface area contributed by atoms with Crippen molar-refractivity contribution in [3.63, 3.8) is 0 Å². The van der Waals surface area contributed by atoms with E-state index in [-0.39, 0.29) is 0 Å². The van der Waals surface area contributed by atoms with Crippen LogP contribution in [-0.2, 0) is 0 Å². The van der Waals surface area contributed by atoms with Gasteiger partial charge in [-0.15, -0.1) is 0 Å². The number of benzene rings is 2. The molecule has 1 aliphatic heterocycles. The molecular formula is C21H27N3. The average molecular weight is 321 g/mol. The van der Waals surface area contributed by atoms with E-state index < -0.39 is 0 Å². The van der Waals surface area contributed by atoms with E-state index in [0.717, 1.165) is 37.7 Å². The summed E-state index contributed by atoms with van der Waals surface area (Å²) in [6.07, 6.45) is 0. The summed E-state index contributed by atoms with van der Waals surface area (Å²) in [4.78, 5) is 9.94. The van der Waals surface area contributed by atoms with Gasteiger partial charge in [0.15, 0.2) is 0 Å². The van der Waals surface area contributed by atoms with E-state index in [0.29, 0.717) is 0 Å². The Morgan fingerprint density at radius 2 is 1.58 bits per heavy atom. The lowest BCUT2D eigenvalue weighted by atomic mass is 10.1. The van der Waals surface area contributed by atoms with E-state index >= 15 is 0 Å². The van der Waals surface area contributed by atoms with Crippen LogP contribution in [0.5, 0.6) is 0 Å². The Kier molecular flexibility index (Phi) is 5.00. The highest BCUT2D eigenvalue weighted by molar-refractivity contribution is 6.01. The van der Waals surface area contributed by atoms with Gasteiger partial charge < -0.3 is 9.80 Å². The summed E-state index contributed by atoms with van der Waals surface area (Å²) < 4.78 is 0. The molecule has 0 N–H and O–H groups in total. The van der Waals surface area contributed by atoms with Crippen LogP contribution in [0.4, 0.5) is 5.69 Å². The van der Waals surface area contributed by atoms with Gasteiger partial charge in [0.2, 0.25) is 0 Å². The normalized spacial score (nSPS) is 16.5. The lowest BCUT2D eigenvalue weighted by Gasteiger charge is -2.35. The summed E-state index contributed by atoms with van der Waals surface area (Å²) in [5.74, 6) is 1.11. The molecule has 1 heterocycles. The zero-order valence-electron chi connectivity index (χ0n) is 15.2. The van der Waals surface area contributed by atoms with Crippen LogP contribution in [0.3, 0.4) is 0 Å². The summed E-state index contributed by atoms with van der Waals surface area (Å²) in [6, 6.07) is 15.1. The lowest BCUT2D eigenvalue weighted by molar-refractivity contribution is 0.216. The molecule has 3 heteroatoms. The number of rotatable bonds is 2.